The minimum atomic E-state index is -3.50. The molecule has 0 amide bonds. The van der Waals surface area contributed by atoms with Crippen LogP contribution < -0.4 is 0 Å². The van der Waals surface area contributed by atoms with Crippen LogP contribution in [-0.2, 0) is 14.8 Å². The van der Waals surface area contributed by atoms with Gasteiger partial charge in [0, 0.05) is 37.8 Å². The number of hydrogen-bond acceptors (Lipinski definition) is 4. The Hall–Kier alpha value is -2.13. The van der Waals surface area contributed by atoms with E-state index in [1.165, 1.54) is 17.2 Å². The van der Waals surface area contributed by atoms with Gasteiger partial charge >= 0.3 is 0 Å². The van der Waals surface area contributed by atoms with Gasteiger partial charge < -0.3 is 4.74 Å². The molecule has 0 N–H and O–H groups in total. The normalized spacial score (nSPS) is 26.7. The summed E-state index contributed by atoms with van der Waals surface area (Å²) in [6.45, 7) is 4.79. The van der Waals surface area contributed by atoms with Gasteiger partial charge in [-0.2, -0.15) is 4.31 Å². The van der Waals surface area contributed by atoms with Crippen LogP contribution in [0.5, 0.6) is 0 Å². The van der Waals surface area contributed by atoms with Crippen molar-refractivity contribution in [2.75, 3.05) is 32.8 Å². The van der Waals surface area contributed by atoms with Crippen LogP contribution in [0.25, 0.3) is 0 Å². The fourth-order valence-corrected chi connectivity index (χ4v) is 6.80. The number of hydrogen-bond donors (Lipinski definition) is 0. The van der Waals surface area contributed by atoms with E-state index < -0.39 is 27.8 Å². The molecular weight excluding hydrogens is 446 g/mol. The number of sulfonamides is 1. The molecule has 2 aromatic rings. The van der Waals surface area contributed by atoms with Crippen molar-refractivity contribution in [1.82, 2.24) is 9.21 Å². The van der Waals surface area contributed by atoms with Crippen LogP contribution >= 0.6 is 0 Å². The number of benzene rings is 2. The lowest BCUT2D eigenvalue weighted by Crippen LogP contribution is -2.45. The molecule has 0 unspecified atom stereocenters. The molecule has 0 spiro atoms. The van der Waals surface area contributed by atoms with Gasteiger partial charge in [0.05, 0.1) is 17.6 Å². The average Bonchev–Trinajstić information content (AvgIpc) is 3.41. The monoisotopic (exact) mass is 474 g/mol. The zero-order valence-electron chi connectivity index (χ0n) is 18.6. The summed E-state index contributed by atoms with van der Waals surface area (Å²) in [5, 5.41) is 0. The van der Waals surface area contributed by atoms with Crippen molar-refractivity contribution in [1.29, 1.82) is 0 Å². The predicted octanol–water partition coefficient (Wildman–Crippen LogP) is 4.14. The first-order valence-corrected chi connectivity index (χ1v) is 12.9. The molecule has 0 aliphatic carbocycles. The summed E-state index contributed by atoms with van der Waals surface area (Å²) in [5.41, 5.74) is 2.63. The molecule has 176 valence electrons. The lowest BCUT2D eigenvalue weighted by Gasteiger charge is -2.40. The summed E-state index contributed by atoms with van der Waals surface area (Å²) >= 11 is 0. The molecule has 3 aliphatic rings. The second-order valence-corrected chi connectivity index (χ2v) is 11.1. The highest BCUT2D eigenvalue weighted by atomic mass is 32.2. The predicted molar refractivity (Wildman–Crippen MR) is 121 cm³/mol. The van der Waals surface area contributed by atoms with E-state index in [1.54, 1.807) is 28.6 Å². The SMILES string of the molecule is CC[C@H]1C[C@@H](N2CC3=C(C2)CN(S(=O)(=O)c2ccccc2)C3)CO[C@@H]1c1cc(F)ccc1F. The van der Waals surface area contributed by atoms with Crippen molar-refractivity contribution < 1.29 is 21.9 Å². The Morgan fingerprint density at radius 2 is 1.70 bits per heavy atom. The van der Waals surface area contributed by atoms with Gasteiger partial charge in [0.25, 0.3) is 0 Å². The Labute approximate surface area is 193 Å². The van der Waals surface area contributed by atoms with E-state index in [0.717, 1.165) is 38.1 Å². The van der Waals surface area contributed by atoms with Crippen LogP contribution in [0.1, 0.15) is 31.4 Å². The van der Waals surface area contributed by atoms with E-state index in [1.807, 2.05) is 6.07 Å². The molecule has 1 fully saturated rings. The minimum Gasteiger partial charge on any atom is -0.372 e. The molecule has 8 heteroatoms. The summed E-state index contributed by atoms with van der Waals surface area (Å²) in [7, 11) is -3.50. The molecule has 0 bridgehead atoms. The van der Waals surface area contributed by atoms with Gasteiger partial charge in [-0.3, -0.25) is 4.90 Å². The molecule has 1 saturated heterocycles. The highest BCUT2D eigenvalue weighted by molar-refractivity contribution is 7.89. The lowest BCUT2D eigenvalue weighted by molar-refractivity contribution is -0.0726. The van der Waals surface area contributed by atoms with Gasteiger partial charge in [0.2, 0.25) is 10.0 Å². The minimum absolute atomic E-state index is 0.0884. The van der Waals surface area contributed by atoms with Gasteiger partial charge in [0.15, 0.2) is 0 Å². The van der Waals surface area contributed by atoms with Crippen molar-refractivity contribution in [2.45, 2.75) is 36.8 Å². The number of halogens is 2. The Kier molecular flexibility index (Phi) is 6.11. The Balaban J connectivity index is 1.23. The first-order valence-electron chi connectivity index (χ1n) is 11.4. The number of rotatable bonds is 5. The first kappa shape index (κ1) is 22.7. The van der Waals surface area contributed by atoms with Crippen LogP contribution in [0.15, 0.2) is 64.6 Å². The van der Waals surface area contributed by atoms with E-state index in [0.29, 0.717) is 30.2 Å². The topological polar surface area (TPSA) is 49.9 Å². The van der Waals surface area contributed by atoms with E-state index in [-0.39, 0.29) is 12.0 Å². The largest absolute Gasteiger partial charge is 0.372 e. The Bertz CT molecular complexity index is 1150. The van der Waals surface area contributed by atoms with Crippen molar-refractivity contribution in [2.24, 2.45) is 5.92 Å². The molecule has 3 heterocycles. The van der Waals surface area contributed by atoms with Crippen LogP contribution in [0.3, 0.4) is 0 Å². The molecule has 0 radical (unpaired) electrons. The Morgan fingerprint density at radius 3 is 2.36 bits per heavy atom. The van der Waals surface area contributed by atoms with Crippen molar-refractivity contribution >= 4 is 10.0 Å². The molecule has 2 aromatic carbocycles. The lowest BCUT2D eigenvalue weighted by atomic mass is 9.85. The molecule has 33 heavy (non-hydrogen) atoms. The zero-order chi connectivity index (χ0) is 23.2. The van der Waals surface area contributed by atoms with Crippen LogP contribution in [0.4, 0.5) is 8.78 Å². The molecule has 0 saturated carbocycles. The summed E-state index contributed by atoms with van der Waals surface area (Å²) < 4.78 is 61.7. The third-order valence-corrected chi connectivity index (χ3v) is 8.99. The Morgan fingerprint density at radius 1 is 1.00 bits per heavy atom. The van der Waals surface area contributed by atoms with E-state index in [9.17, 15) is 17.2 Å². The quantitative estimate of drug-likeness (QED) is 0.612. The van der Waals surface area contributed by atoms with Gasteiger partial charge in [-0.05, 0) is 53.8 Å². The van der Waals surface area contributed by atoms with Crippen LogP contribution in [0, 0.1) is 17.6 Å². The highest BCUT2D eigenvalue weighted by Gasteiger charge is 2.41. The van der Waals surface area contributed by atoms with Crippen LogP contribution in [0.2, 0.25) is 0 Å². The van der Waals surface area contributed by atoms with Crippen molar-refractivity contribution in [3.8, 4) is 0 Å². The maximum Gasteiger partial charge on any atom is 0.243 e. The number of nitrogens with zero attached hydrogens (tertiary/aromatic N) is 2. The van der Waals surface area contributed by atoms with Gasteiger partial charge in [0.1, 0.15) is 11.6 Å². The maximum absolute atomic E-state index is 14.4. The van der Waals surface area contributed by atoms with E-state index in [2.05, 4.69) is 11.8 Å². The second kappa shape index (κ2) is 8.91. The first-order chi connectivity index (χ1) is 15.9. The van der Waals surface area contributed by atoms with Crippen molar-refractivity contribution in [3.05, 3.63) is 76.9 Å². The summed E-state index contributed by atoms with van der Waals surface area (Å²) in [6.07, 6.45) is 1.20. The maximum atomic E-state index is 14.4. The fourth-order valence-electron chi connectivity index (χ4n) is 5.35. The fraction of sp³-hybridized carbons (Fsp3) is 0.440. The molecule has 5 rings (SSSR count). The summed E-state index contributed by atoms with van der Waals surface area (Å²) in [5.74, 6) is -0.799. The molecule has 0 aromatic heterocycles. The molecule has 3 aliphatic heterocycles. The average molecular weight is 475 g/mol. The smallest absolute Gasteiger partial charge is 0.243 e. The third kappa shape index (κ3) is 4.25. The molecule has 3 atom stereocenters. The molecular formula is C25H28F2N2O3S. The van der Waals surface area contributed by atoms with Crippen LogP contribution in [-0.4, -0.2) is 56.5 Å². The highest BCUT2D eigenvalue weighted by Crippen LogP contribution is 2.40. The summed E-state index contributed by atoms with van der Waals surface area (Å²) in [6, 6.07) is 12.3. The van der Waals surface area contributed by atoms with Crippen molar-refractivity contribution in [3.63, 3.8) is 0 Å². The van der Waals surface area contributed by atoms with E-state index in [4.69, 9.17) is 4.74 Å². The standard InChI is InChI=1S/C25H28F2N2O3S/c1-2-17-10-21(16-32-25(17)23-11-20(26)8-9-24(23)27)28-12-18-14-29(15-19(18)13-28)33(30,31)22-6-4-3-5-7-22/h3-9,11,17,21,25H,2,10,12-16H2,1H3/t17-,21+,25-/m0/s1. The second-order valence-electron chi connectivity index (χ2n) is 9.18. The molecule has 5 nitrogen and oxygen atoms in total. The zero-order valence-corrected chi connectivity index (χ0v) is 19.4. The third-order valence-electron chi connectivity index (χ3n) is 7.18. The van der Waals surface area contributed by atoms with Gasteiger partial charge in [-0.15, -0.1) is 0 Å². The van der Waals surface area contributed by atoms with Gasteiger partial charge in [-0.1, -0.05) is 31.5 Å². The van der Waals surface area contributed by atoms with E-state index >= 15 is 0 Å². The number of ether oxygens (including phenoxy) is 1. The summed E-state index contributed by atoms with van der Waals surface area (Å²) in [4.78, 5) is 2.67. The van der Waals surface area contributed by atoms with Gasteiger partial charge in [-0.25, -0.2) is 17.2 Å².